The van der Waals surface area contributed by atoms with Gasteiger partial charge in [0.1, 0.15) is 11.5 Å². The molecule has 1 heterocycles. The van der Waals surface area contributed by atoms with Gasteiger partial charge in [-0.3, -0.25) is 4.79 Å². The van der Waals surface area contributed by atoms with Gasteiger partial charge in [-0.15, -0.1) is 0 Å². The lowest BCUT2D eigenvalue weighted by Gasteiger charge is -2.07. The predicted octanol–water partition coefficient (Wildman–Crippen LogP) is 4.24. The molecule has 28 heavy (non-hydrogen) atoms. The lowest BCUT2D eigenvalue weighted by Crippen LogP contribution is -2.07. The summed E-state index contributed by atoms with van der Waals surface area (Å²) in [4.78, 5) is 17.6. The van der Waals surface area contributed by atoms with Crippen molar-refractivity contribution in [3.05, 3.63) is 66.5 Å². The van der Waals surface area contributed by atoms with Gasteiger partial charge in [0, 0.05) is 41.7 Å². The fourth-order valence-corrected chi connectivity index (χ4v) is 3.28. The van der Waals surface area contributed by atoms with Crippen molar-refractivity contribution in [1.29, 1.82) is 0 Å². The molecule has 0 unspecified atom stereocenters. The minimum Gasteiger partial charge on any atom is -0.497 e. The zero-order valence-corrected chi connectivity index (χ0v) is 16.7. The molecule has 0 saturated carbocycles. The smallest absolute Gasteiger partial charge is 0.248 e. The Morgan fingerprint density at radius 1 is 1.14 bits per heavy atom. The SMILES string of the molecule is COc1ccc(OC)c(/C=C/C(=O)Nc2ccc(Sc3nccn3C)cc2)c1. The molecule has 0 radical (unpaired) electrons. The molecular weight excluding hydrogens is 374 g/mol. The zero-order valence-electron chi connectivity index (χ0n) is 15.9. The van der Waals surface area contributed by atoms with E-state index >= 15 is 0 Å². The van der Waals surface area contributed by atoms with Crippen LogP contribution in [0.15, 0.2) is 71.0 Å². The Bertz CT molecular complexity index is 981. The Hall–Kier alpha value is -3.19. The Morgan fingerprint density at radius 2 is 1.93 bits per heavy atom. The molecule has 0 bridgehead atoms. The van der Waals surface area contributed by atoms with Gasteiger partial charge in [0.2, 0.25) is 5.91 Å². The van der Waals surface area contributed by atoms with Gasteiger partial charge in [0.05, 0.1) is 14.2 Å². The number of aryl methyl sites for hydroxylation is 1. The topological polar surface area (TPSA) is 65.4 Å². The Balaban J connectivity index is 1.63. The van der Waals surface area contributed by atoms with Crippen LogP contribution in [0.5, 0.6) is 11.5 Å². The zero-order chi connectivity index (χ0) is 19.9. The van der Waals surface area contributed by atoms with E-state index in [2.05, 4.69) is 10.3 Å². The third-order valence-electron chi connectivity index (χ3n) is 3.96. The Labute approximate surface area is 168 Å². The van der Waals surface area contributed by atoms with E-state index in [9.17, 15) is 4.79 Å². The largest absolute Gasteiger partial charge is 0.497 e. The fourth-order valence-electron chi connectivity index (χ4n) is 2.48. The summed E-state index contributed by atoms with van der Waals surface area (Å²) in [7, 11) is 5.13. The number of amides is 1. The molecule has 0 aliphatic carbocycles. The number of hydrogen-bond acceptors (Lipinski definition) is 5. The van der Waals surface area contributed by atoms with Crippen LogP contribution < -0.4 is 14.8 Å². The van der Waals surface area contributed by atoms with Crippen molar-refractivity contribution in [3.63, 3.8) is 0 Å². The summed E-state index contributed by atoms with van der Waals surface area (Å²) in [6, 6.07) is 13.0. The molecule has 0 aliphatic heterocycles. The van der Waals surface area contributed by atoms with Crippen molar-refractivity contribution < 1.29 is 14.3 Å². The first-order valence-corrected chi connectivity index (χ1v) is 9.37. The molecule has 1 amide bonds. The molecule has 1 aromatic heterocycles. The number of anilines is 1. The summed E-state index contributed by atoms with van der Waals surface area (Å²) in [5.74, 6) is 1.14. The molecule has 144 valence electrons. The number of carbonyl (C=O) groups is 1. The van der Waals surface area contributed by atoms with Crippen LogP contribution in [-0.4, -0.2) is 29.7 Å². The lowest BCUT2D eigenvalue weighted by atomic mass is 10.1. The number of nitrogens with zero attached hydrogens (tertiary/aromatic N) is 2. The van der Waals surface area contributed by atoms with E-state index in [1.807, 2.05) is 48.1 Å². The van der Waals surface area contributed by atoms with Crippen molar-refractivity contribution >= 4 is 29.4 Å². The Morgan fingerprint density at radius 3 is 2.57 bits per heavy atom. The standard InChI is InChI=1S/C21H21N3O3S/c1-24-13-12-22-21(24)28-18-8-5-16(6-9-18)23-20(25)11-4-15-14-17(26-2)7-10-19(15)27-3/h4-14H,1-3H3,(H,23,25)/b11-4+. The molecule has 0 fully saturated rings. The van der Waals surface area contributed by atoms with Crippen molar-refractivity contribution in [2.75, 3.05) is 19.5 Å². The number of carbonyl (C=O) groups excluding carboxylic acids is 1. The number of ether oxygens (including phenoxy) is 2. The second kappa shape index (κ2) is 9.14. The van der Waals surface area contributed by atoms with Crippen molar-refractivity contribution in [3.8, 4) is 11.5 Å². The van der Waals surface area contributed by atoms with Crippen LogP contribution in [0.3, 0.4) is 0 Å². The summed E-state index contributed by atoms with van der Waals surface area (Å²) < 4.78 is 12.5. The molecule has 6 nitrogen and oxygen atoms in total. The number of aromatic nitrogens is 2. The van der Waals surface area contributed by atoms with Gasteiger partial charge in [-0.2, -0.15) is 0 Å². The van der Waals surface area contributed by atoms with Gasteiger partial charge >= 0.3 is 0 Å². The van der Waals surface area contributed by atoms with Crippen LogP contribution in [0.4, 0.5) is 5.69 Å². The van der Waals surface area contributed by atoms with Crippen molar-refractivity contribution in [1.82, 2.24) is 9.55 Å². The summed E-state index contributed by atoms with van der Waals surface area (Å²) in [5.41, 5.74) is 1.48. The highest BCUT2D eigenvalue weighted by molar-refractivity contribution is 7.99. The number of nitrogens with one attached hydrogen (secondary N) is 1. The molecule has 0 aliphatic rings. The molecule has 7 heteroatoms. The van der Waals surface area contributed by atoms with Crippen LogP contribution >= 0.6 is 11.8 Å². The minimum absolute atomic E-state index is 0.227. The second-order valence-corrected chi connectivity index (χ2v) is 6.92. The number of rotatable bonds is 7. The van der Waals surface area contributed by atoms with Gasteiger partial charge in [-0.1, -0.05) is 11.8 Å². The van der Waals surface area contributed by atoms with Crippen LogP contribution in [0.1, 0.15) is 5.56 Å². The monoisotopic (exact) mass is 395 g/mol. The number of methoxy groups -OCH3 is 2. The van der Waals surface area contributed by atoms with Crippen molar-refractivity contribution in [2.24, 2.45) is 7.05 Å². The highest BCUT2D eigenvalue weighted by atomic mass is 32.2. The summed E-state index contributed by atoms with van der Waals surface area (Å²) in [6.45, 7) is 0. The van der Waals surface area contributed by atoms with Gasteiger partial charge in [0.15, 0.2) is 5.16 Å². The van der Waals surface area contributed by atoms with E-state index < -0.39 is 0 Å². The quantitative estimate of drug-likeness (QED) is 0.606. The highest BCUT2D eigenvalue weighted by Gasteiger charge is 2.05. The average Bonchev–Trinajstić information content (AvgIpc) is 3.12. The van der Waals surface area contributed by atoms with E-state index in [-0.39, 0.29) is 5.91 Å². The summed E-state index contributed by atoms with van der Waals surface area (Å²) in [5, 5.41) is 3.76. The second-order valence-electron chi connectivity index (χ2n) is 5.88. The van der Waals surface area contributed by atoms with E-state index in [1.54, 1.807) is 50.4 Å². The van der Waals surface area contributed by atoms with E-state index in [0.717, 1.165) is 21.3 Å². The maximum atomic E-state index is 12.2. The Kier molecular flexibility index (Phi) is 6.39. The molecule has 0 spiro atoms. The normalized spacial score (nSPS) is 10.8. The molecule has 0 atom stereocenters. The first kappa shape index (κ1) is 19.6. The number of benzene rings is 2. The van der Waals surface area contributed by atoms with E-state index in [1.165, 1.54) is 6.08 Å². The number of hydrogen-bond donors (Lipinski definition) is 1. The van der Waals surface area contributed by atoms with E-state index in [4.69, 9.17) is 9.47 Å². The molecule has 0 saturated heterocycles. The first-order chi connectivity index (χ1) is 13.6. The molecular formula is C21H21N3O3S. The average molecular weight is 395 g/mol. The van der Waals surface area contributed by atoms with Crippen LogP contribution in [0.2, 0.25) is 0 Å². The lowest BCUT2D eigenvalue weighted by molar-refractivity contribution is -0.111. The van der Waals surface area contributed by atoms with Gasteiger partial charge in [-0.25, -0.2) is 4.98 Å². The van der Waals surface area contributed by atoms with Gasteiger partial charge in [-0.05, 0) is 48.5 Å². The highest BCUT2D eigenvalue weighted by Crippen LogP contribution is 2.27. The van der Waals surface area contributed by atoms with Gasteiger partial charge in [0.25, 0.3) is 0 Å². The van der Waals surface area contributed by atoms with Crippen LogP contribution in [0.25, 0.3) is 6.08 Å². The first-order valence-electron chi connectivity index (χ1n) is 8.55. The van der Waals surface area contributed by atoms with E-state index in [0.29, 0.717) is 11.5 Å². The van der Waals surface area contributed by atoms with Crippen molar-refractivity contribution in [2.45, 2.75) is 10.1 Å². The third-order valence-corrected chi connectivity index (χ3v) is 5.04. The number of imidazole rings is 1. The molecule has 1 N–H and O–H groups in total. The molecule has 3 aromatic rings. The van der Waals surface area contributed by atoms with Crippen LogP contribution in [0, 0.1) is 0 Å². The molecule has 3 rings (SSSR count). The van der Waals surface area contributed by atoms with Crippen LogP contribution in [-0.2, 0) is 11.8 Å². The minimum atomic E-state index is -0.227. The van der Waals surface area contributed by atoms with Gasteiger partial charge < -0.3 is 19.4 Å². The fraction of sp³-hybridized carbons (Fsp3) is 0.143. The maximum absolute atomic E-state index is 12.2. The summed E-state index contributed by atoms with van der Waals surface area (Å²) in [6.07, 6.45) is 6.83. The predicted molar refractivity (Wildman–Crippen MR) is 111 cm³/mol. The molecule has 2 aromatic carbocycles. The summed E-state index contributed by atoms with van der Waals surface area (Å²) >= 11 is 1.56. The third kappa shape index (κ3) is 4.95. The maximum Gasteiger partial charge on any atom is 0.248 e.